The SMILES string of the molecule is C[n+]1ccccc1-c1ccc2c(c1)C(C)(C)C1(C)CCCN21. The van der Waals surface area contributed by atoms with E-state index in [0.29, 0.717) is 0 Å². The van der Waals surface area contributed by atoms with Gasteiger partial charge in [0.1, 0.15) is 7.05 Å². The summed E-state index contributed by atoms with van der Waals surface area (Å²) in [5, 5.41) is 0. The molecule has 2 aliphatic rings. The predicted octanol–water partition coefficient (Wildman–Crippen LogP) is 3.83. The number of nitrogens with zero attached hydrogens (tertiary/aromatic N) is 2. The van der Waals surface area contributed by atoms with E-state index in [1.165, 1.54) is 41.9 Å². The van der Waals surface area contributed by atoms with Crippen molar-refractivity contribution >= 4 is 5.69 Å². The third-order valence-electron chi connectivity index (χ3n) is 6.30. The molecule has 2 aliphatic heterocycles. The first-order valence-electron chi connectivity index (χ1n) is 8.32. The molecule has 0 radical (unpaired) electrons. The van der Waals surface area contributed by atoms with Crippen LogP contribution >= 0.6 is 0 Å². The highest BCUT2D eigenvalue weighted by molar-refractivity contribution is 5.73. The number of hydrogen-bond acceptors (Lipinski definition) is 1. The molecule has 1 aromatic heterocycles. The van der Waals surface area contributed by atoms with E-state index in [1.807, 2.05) is 0 Å². The lowest BCUT2D eigenvalue weighted by Gasteiger charge is -2.40. The van der Waals surface area contributed by atoms with Gasteiger partial charge in [0.2, 0.25) is 5.69 Å². The highest BCUT2D eigenvalue weighted by Crippen LogP contribution is 2.56. The van der Waals surface area contributed by atoms with Crippen molar-refractivity contribution < 1.29 is 4.57 Å². The Bertz CT molecular complexity index is 747. The van der Waals surface area contributed by atoms with Crippen molar-refractivity contribution in [3.63, 3.8) is 0 Å². The molecule has 0 N–H and O–H groups in total. The van der Waals surface area contributed by atoms with Gasteiger partial charge in [-0.25, -0.2) is 4.57 Å². The lowest BCUT2D eigenvalue weighted by molar-refractivity contribution is -0.660. The predicted molar refractivity (Wildman–Crippen MR) is 91.1 cm³/mol. The van der Waals surface area contributed by atoms with Gasteiger partial charge in [-0.1, -0.05) is 13.8 Å². The van der Waals surface area contributed by atoms with E-state index in [4.69, 9.17) is 0 Å². The van der Waals surface area contributed by atoms with Crippen LogP contribution in [-0.4, -0.2) is 12.1 Å². The summed E-state index contributed by atoms with van der Waals surface area (Å²) in [5.41, 5.74) is 6.02. The van der Waals surface area contributed by atoms with Crippen molar-refractivity contribution in [2.75, 3.05) is 11.4 Å². The number of aryl methyl sites for hydroxylation is 1. The van der Waals surface area contributed by atoms with Gasteiger partial charge in [0.25, 0.3) is 0 Å². The summed E-state index contributed by atoms with van der Waals surface area (Å²) in [5.74, 6) is 0. The third kappa shape index (κ3) is 1.58. The van der Waals surface area contributed by atoms with E-state index >= 15 is 0 Å². The number of fused-ring (bicyclic) bond motifs is 3. The van der Waals surface area contributed by atoms with E-state index in [2.05, 4.69) is 79.9 Å². The number of anilines is 1. The largest absolute Gasteiger partial charge is 0.365 e. The lowest BCUT2D eigenvalue weighted by atomic mass is 9.70. The Morgan fingerprint density at radius 1 is 1.09 bits per heavy atom. The zero-order valence-corrected chi connectivity index (χ0v) is 14.1. The van der Waals surface area contributed by atoms with E-state index in [9.17, 15) is 0 Å². The molecule has 0 aliphatic carbocycles. The second kappa shape index (κ2) is 4.34. The first-order valence-corrected chi connectivity index (χ1v) is 8.32. The smallest absolute Gasteiger partial charge is 0.212 e. The molecule has 1 saturated heterocycles. The van der Waals surface area contributed by atoms with Crippen LogP contribution in [0, 0.1) is 0 Å². The molecular formula is C20H25N2+. The Morgan fingerprint density at radius 2 is 1.91 bits per heavy atom. The van der Waals surface area contributed by atoms with Gasteiger partial charge in [-0.05, 0) is 49.6 Å². The standard InChI is InChI=1S/C20H25N2/c1-19(2)16-14-15(17-8-5-6-12-21(17)4)9-10-18(16)22-13-7-11-20(19,22)3/h5-6,8-10,12,14H,7,11,13H2,1-4H3/q+1. The van der Waals surface area contributed by atoms with Crippen molar-refractivity contribution in [2.45, 2.75) is 44.6 Å². The molecular weight excluding hydrogens is 268 g/mol. The first-order chi connectivity index (χ1) is 10.4. The van der Waals surface area contributed by atoms with Crippen molar-refractivity contribution in [2.24, 2.45) is 7.05 Å². The van der Waals surface area contributed by atoms with Gasteiger partial charge in [0.05, 0.1) is 0 Å². The molecule has 1 fully saturated rings. The maximum atomic E-state index is 2.65. The molecule has 114 valence electrons. The summed E-state index contributed by atoms with van der Waals surface area (Å²) in [6, 6.07) is 13.5. The highest BCUT2D eigenvalue weighted by Gasteiger charge is 2.55. The first kappa shape index (κ1) is 13.8. The van der Waals surface area contributed by atoms with Crippen molar-refractivity contribution in [1.29, 1.82) is 0 Å². The van der Waals surface area contributed by atoms with Crippen molar-refractivity contribution in [3.8, 4) is 11.3 Å². The van der Waals surface area contributed by atoms with Crippen LogP contribution in [0.25, 0.3) is 11.3 Å². The Hall–Kier alpha value is -1.83. The van der Waals surface area contributed by atoms with Crippen LogP contribution in [0.3, 0.4) is 0 Å². The van der Waals surface area contributed by atoms with Gasteiger partial charge < -0.3 is 4.90 Å². The molecule has 1 atom stereocenters. The zero-order valence-electron chi connectivity index (χ0n) is 14.1. The Kier molecular flexibility index (Phi) is 2.73. The Morgan fingerprint density at radius 3 is 2.68 bits per heavy atom. The number of rotatable bonds is 1. The monoisotopic (exact) mass is 293 g/mol. The molecule has 0 bridgehead atoms. The summed E-state index contributed by atoms with van der Waals surface area (Å²) < 4.78 is 2.20. The summed E-state index contributed by atoms with van der Waals surface area (Å²) in [4.78, 5) is 2.65. The topological polar surface area (TPSA) is 7.12 Å². The minimum Gasteiger partial charge on any atom is -0.365 e. The second-order valence-corrected chi connectivity index (χ2v) is 7.58. The second-order valence-electron chi connectivity index (χ2n) is 7.58. The summed E-state index contributed by atoms with van der Waals surface area (Å²) in [6.45, 7) is 8.49. The van der Waals surface area contributed by atoms with Crippen molar-refractivity contribution in [3.05, 3.63) is 48.2 Å². The zero-order chi connectivity index (χ0) is 15.5. The Labute approximate surface area is 133 Å². The van der Waals surface area contributed by atoms with Crippen LogP contribution in [0.1, 0.15) is 39.2 Å². The average molecular weight is 293 g/mol. The minimum atomic E-state index is 0.197. The van der Waals surface area contributed by atoms with Crippen LogP contribution in [0.15, 0.2) is 42.6 Å². The van der Waals surface area contributed by atoms with E-state index < -0.39 is 0 Å². The maximum Gasteiger partial charge on any atom is 0.212 e. The van der Waals surface area contributed by atoms with Crippen LogP contribution < -0.4 is 9.47 Å². The van der Waals surface area contributed by atoms with E-state index in [-0.39, 0.29) is 11.0 Å². The summed E-state index contributed by atoms with van der Waals surface area (Å²) >= 11 is 0. The van der Waals surface area contributed by atoms with Gasteiger partial charge in [-0.15, -0.1) is 0 Å². The normalized spacial score (nSPS) is 25.2. The van der Waals surface area contributed by atoms with Gasteiger partial charge in [0, 0.05) is 40.9 Å². The average Bonchev–Trinajstić information content (AvgIpc) is 2.96. The van der Waals surface area contributed by atoms with Crippen LogP contribution in [-0.2, 0) is 12.5 Å². The van der Waals surface area contributed by atoms with Crippen LogP contribution in [0.5, 0.6) is 0 Å². The van der Waals surface area contributed by atoms with Gasteiger partial charge in [0.15, 0.2) is 6.20 Å². The van der Waals surface area contributed by atoms with Gasteiger partial charge in [-0.3, -0.25) is 0 Å². The lowest BCUT2D eigenvalue weighted by Crippen LogP contribution is -2.49. The number of benzene rings is 1. The molecule has 4 rings (SSSR count). The van der Waals surface area contributed by atoms with Crippen LogP contribution in [0.4, 0.5) is 5.69 Å². The van der Waals surface area contributed by atoms with Crippen LogP contribution in [0.2, 0.25) is 0 Å². The molecule has 2 aromatic rings. The molecule has 0 amide bonds. The summed E-state index contributed by atoms with van der Waals surface area (Å²) in [6.07, 6.45) is 4.73. The summed E-state index contributed by atoms with van der Waals surface area (Å²) in [7, 11) is 2.12. The fourth-order valence-corrected chi connectivity index (χ4v) is 4.54. The van der Waals surface area contributed by atoms with Crippen molar-refractivity contribution in [1.82, 2.24) is 0 Å². The molecule has 0 spiro atoms. The number of aromatic nitrogens is 1. The minimum absolute atomic E-state index is 0.197. The van der Waals surface area contributed by atoms with Gasteiger partial charge in [-0.2, -0.15) is 0 Å². The molecule has 0 saturated carbocycles. The number of hydrogen-bond donors (Lipinski definition) is 0. The van der Waals surface area contributed by atoms with Gasteiger partial charge >= 0.3 is 0 Å². The fraction of sp³-hybridized carbons (Fsp3) is 0.450. The molecule has 2 nitrogen and oxygen atoms in total. The quantitative estimate of drug-likeness (QED) is 0.725. The van der Waals surface area contributed by atoms with E-state index in [0.717, 1.165) is 0 Å². The molecule has 22 heavy (non-hydrogen) atoms. The molecule has 1 aromatic carbocycles. The third-order valence-corrected chi connectivity index (χ3v) is 6.30. The molecule has 3 heterocycles. The fourth-order valence-electron chi connectivity index (χ4n) is 4.54. The Balaban J connectivity index is 1.89. The molecule has 1 unspecified atom stereocenters. The molecule has 2 heteroatoms. The maximum absolute atomic E-state index is 2.65. The number of pyridine rings is 1. The van der Waals surface area contributed by atoms with E-state index in [1.54, 1.807) is 0 Å². The highest BCUT2D eigenvalue weighted by atomic mass is 15.3.